The first kappa shape index (κ1) is 16.5. The van der Waals surface area contributed by atoms with Gasteiger partial charge in [-0.15, -0.1) is 11.8 Å². The minimum Gasteiger partial charge on any atom is -0.481 e. The van der Waals surface area contributed by atoms with Crippen molar-refractivity contribution in [1.82, 2.24) is 0 Å². The van der Waals surface area contributed by atoms with Gasteiger partial charge in [-0.3, -0.25) is 19.2 Å². The summed E-state index contributed by atoms with van der Waals surface area (Å²) in [5.74, 6) is -3.33. The number of carboxylic acid groups (broad SMARTS) is 1. The second-order valence-corrected chi connectivity index (χ2v) is 4.95. The molecule has 0 heterocycles. The fourth-order valence-corrected chi connectivity index (χ4v) is 1.95. The maximum absolute atomic E-state index is 11.6. The number of carbonyl (C=O) groups is 4. The van der Waals surface area contributed by atoms with Gasteiger partial charge in [0.2, 0.25) is 17.7 Å². The first-order chi connectivity index (χ1) is 9.79. The van der Waals surface area contributed by atoms with E-state index in [9.17, 15) is 19.2 Å². The molecule has 0 radical (unpaired) electrons. The van der Waals surface area contributed by atoms with Crippen molar-refractivity contribution in [1.29, 1.82) is 0 Å². The van der Waals surface area contributed by atoms with E-state index in [0.717, 1.165) is 11.8 Å². The molecule has 0 aliphatic heterocycles. The Morgan fingerprint density at radius 2 is 1.52 bits per heavy atom. The molecule has 112 valence electrons. The molecule has 0 spiro atoms. The summed E-state index contributed by atoms with van der Waals surface area (Å²) >= 11 is 0.915. The molecule has 0 aliphatic rings. The molecule has 9 heteroatoms. The maximum Gasteiger partial charge on any atom is 0.313 e. The van der Waals surface area contributed by atoms with Crippen molar-refractivity contribution in [3.63, 3.8) is 0 Å². The number of carboxylic acids is 1. The Morgan fingerprint density at radius 1 is 1.00 bits per heavy atom. The summed E-state index contributed by atoms with van der Waals surface area (Å²) in [6.45, 7) is 0. The quantitative estimate of drug-likeness (QED) is 0.539. The van der Waals surface area contributed by atoms with E-state index in [0.29, 0.717) is 0 Å². The highest BCUT2D eigenvalue weighted by atomic mass is 32.2. The fraction of sp³-hybridized carbons (Fsp3) is 0.167. The molecule has 1 aromatic carbocycles. The first-order valence-electron chi connectivity index (χ1n) is 5.63. The van der Waals surface area contributed by atoms with Crippen molar-refractivity contribution in [2.24, 2.45) is 11.5 Å². The lowest BCUT2D eigenvalue weighted by atomic mass is 10.1. The second kappa shape index (κ2) is 7.29. The van der Waals surface area contributed by atoms with Crippen LogP contribution in [0.2, 0.25) is 0 Å². The lowest BCUT2D eigenvalue weighted by molar-refractivity contribution is -0.133. The van der Waals surface area contributed by atoms with Gasteiger partial charge in [0.25, 0.3) is 0 Å². The van der Waals surface area contributed by atoms with Gasteiger partial charge in [0.15, 0.2) is 0 Å². The van der Waals surface area contributed by atoms with Crippen molar-refractivity contribution in [2.75, 3.05) is 16.8 Å². The molecule has 0 unspecified atom stereocenters. The highest BCUT2D eigenvalue weighted by Crippen LogP contribution is 2.15. The van der Waals surface area contributed by atoms with Gasteiger partial charge in [-0.1, -0.05) is 0 Å². The third-order valence-electron chi connectivity index (χ3n) is 2.24. The van der Waals surface area contributed by atoms with Crippen LogP contribution in [0, 0.1) is 0 Å². The normalized spacial score (nSPS) is 9.90. The molecule has 0 aromatic heterocycles. The summed E-state index contributed by atoms with van der Waals surface area (Å²) in [5, 5.41) is 10.9. The van der Waals surface area contributed by atoms with Crippen molar-refractivity contribution >= 4 is 41.1 Å². The first-order valence-corrected chi connectivity index (χ1v) is 6.79. The summed E-state index contributed by atoms with van der Waals surface area (Å²) < 4.78 is 0. The van der Waals surface area contributed by atoms with Gasteiger partial charge in [-0.25, -0.2) is 0 Å². The van der Waals surface area contributed by atoms with Gasteiger partial charge in [-0.05, 0) is 18.2 Å². The van der Waals surface area contributed by atoms with Crippen molar-refractivity contribution in [3.05, 3.63) is 29.3 Å². The van der Waals surface area contributed by atoms with E-state index in [1.807, 2.05) is 0 Å². The summed E-state index contributed by atoms with van der Waals surface area (Å²) in [4.78, 5) is 44.2. The van der Waals surface area contributed by atoms with Crippen molar-refractivity contribution in [3.8, 4) is 0 Å². The zero-order chi connectivity index (χ0) is 16.0. The lowest BCUT2D eigenvalue weighted by Crippen LogP contribution is -2.19. The smallest absolute Gasteiger partial charge is 0.313 e. The highest BCUT2D eigenvalue weighted by molar-refractivity contribution is 8.00. The molecule has 0 saturated carbocycles. The largest absolute Gasteiger partial charge is 0.481 e. The van der Waals surface area contributed by atoms with E-state index in [1.54, 1.807) is 0 Å². The molecule has 0 saturated heterocycles. The Bertz CT molecular complexity index is 570. The second-order valence-electron chi connectivity index (χ2n) is 3.96. The number of aliphatic carboxylic acids is 1. The predicted molar refractivity (Wildman–Crippen MR) is 77.1 cm³/mol. The van der Waals surface area contributed by atoms with Crippen molar-refractivity contribution < 1.29 is 24.3 Å². The van der Waals surface area contributed by atoms with Crippen LogP contribution in [0.5, 0.6) is 0 Å². The molecular weight excluding hydrogens is 298 g/mol. The summed E-state index contributed by atoms with van der Waals surface area (Å²) in [7, 11) is 0. The van der Waals surface area contributed by atoms with Gasteiger partial charge in [0.05, 0.1) is 11.5 Å². The number of nitrogens with two attached hydrogens (primary N) is 2. The Balaban J connectivity index is 2.82. The number of hydrogen-bond acceptors (Lipinski definition) is 5. The van der Waals surface area contributed by atoms with Crippen LogP contribution >= 0.6 is 11.8 Å². The molecule has 1 aromatic rings. The fourth-order valence-electron chi connectivity index (χ4n) is 1.41. The third kappa shape index (κ3) is 5.53. The van der Waals surface area contributed by atoms with Crippen LogP contribution < -0.4 is 16.8 Å². The highest BCUT2D eigenvalue weighted by Gasteiger charge is 2.11. The zero-order valence-electron chi connectivity index (χ0n) is 10.8. The Kier molecular flexibility index (Phi) is 5.73. The van der Waals surface area contributed by atoms with Crippen LogP contribution in [-0.4, -0.2) is 40.3 Å². The average Bonchev–Trinajstić information content (AvgIpc) is 2.37. The van der Waals surface area contributed by atoms with Crippen LogP contribution in [0.3, 0.4) is 0 Å². The van der Waals surface area contributed by atoms with Gasteiger partial charge in [0.1, 0.15) is 0 Å². The third-order valence-corrected chi connectivity index (χ3v) is 3.16. The van der Waals surface area contributed by atoms with Crippen LogP contribution in [0.15, 0.2) is 18.2 Å². The van der Waals surface area contributed by atoms with E-state index in [4.69, 9.17) is 16.6 Å². The number of carbonyl (C=O) groups excluding carboxylic acids is 3. The molecule has 6 N–H and O–H groups in total. The number of amides is 3. The number of thioether (sulfide) groups is 1. The van der Waals surface area contributed by atoms with E-state index < -0.39 is 23.7 Å². The lowest BCUT2D eigenvalue weighted by Gasteiger charge is -2.08. The summed E-state index contributed by atoms with van der Waals surface area (Å²) in [6, 6.07) is 3.82. The summed E-state index contributed by atoms with van der Waals surface area (Å²) in [5.41, 5.74) is 10.5. The van der Waals surface area contributed by atoms with E-state index >= 15 is 0 Å². The number of nitrogens with one attached hydrogen (secondary N) is 1. The van der Waals surface area contributed by atoms with Crippen LogP contribution in [0.25, 0.3) is 0 Å². The number of hydrogen-bond donors (Lipinski definition) is 4. The molecule has 1 rings (SSSR count). The molecule has 3 amide bonds. The minimum atomic E-state index is -1.03. The van der Waals surface area contributed by atoms with Crippen LogP contribution in [0.1, 0.15) is 20.7 Å². The number of rotatable bonds is 7. The predicted octanol–water partition coefficient (Wildman–Crippen LogP) is -0.359. The van der Waals surface area contributed by atoms with Crippen molar-refractivity contribution in [2.45, 2.75) is 0 Å². The van der Waals surface area contributed by atoms with Crippen LogP contribution in [-0.2, 0) is 9.59 Å². The van der Waals surface area contributed by atoms with Gasteiger partial charge < -0.3 is 21.9 Å². The zero-order valence-corrected chi connectivity index (χ0v) is 11.6. The molecule has 0 aliphatic carbocycles. The van der Waals surface area contributed by atoms with E-state index in [-0.39, 0.29) is 28.3 Å². The molecule has 21 heavy (non-hydrogen) atoms. The molecule has 0 fully saturated rings. The van der Waals surface area contributed by atoms with Gasteiger partial charge in [-0.2, -0.15) is 0 Å². The van der Waals surface area contributed by atoms with E-state index in [2.05, 4.69) is 5.32 Å². The molecule has 0 bridgehead atoms. The monoisotopic (exact) mass is 311 g/mol. The Labute approximate surface area is 123 Å². The topological polar surface area (TPSA) is 153 Å². The standard InChI is InChI=1S/C12H13N3O5S/c13-11(19)6-1-7(12(14)20)3-8(2-6)15-9(16)4-21-5-10(17)18/h1-3H,4-5H2,(H2,13,19)(H2,14,20)(H,15,16)(H,17,18). The van der Waals surface area contributed by atoms with Crippen LogP contribution in [0.4, 0.5) is 5.69 Å². The molecular formula is C12H13N3O5S. The summed E-state index contributed by atoms with van der Waals surface area (Å²) in [6.07, 6.45) is 0. The molecule has 0 atom stereocenters. The van der Waals surface area contributed by atoms with E-state index in [1.165, 1.54) is 18.2 Å². The molecule has 8 nitrogen and oxygen atoms in total. The number of anilines is 1. The average molecular weight is 311 g/mol. The number of primary amides is 2. The van der Waals surface area contributed by atoms with Gasteiger partial charge in [0, 0.05) is 16.8 Å². The maximum atomic E-state index is 11.6. The Hall–Kier alpha value is -2.55. The van der Waals surface area contributed by atoms with Gasteiger partial charge >= 0.3 is 5.97 Å². The minimum absolute atomic E-state index is 0.0276. The number of benzene rings is 1. The Morgan fingerprint density at radius 3 is 1.95 bits per heavy atom. The SMILES string of the molecule is NC(=O)c1cc(NC(=O)CSCC(=O)O)cc(C(N)=O)c1.